The lowest BCUT2D eigenvalue weighted by molar-refractivity contribution is 0.0694. The molecular weight excluding hydrogens is 260 g/mol. The molecule has 4 nitrogen and oxygen atoms in total. The summed E-state index contributed by atoms with van der Waals surface area (Å²) in [6.45, 7) is 10.7. The minimum atomic E-state index is -2.97. The van der Waals surface area contributed by atoms with Gasteiger partial charge in [-0.3, -0.25) is 4.90 Å². The molecule has 2 heterocycles. The molecule has 2 aliphatic rings. The van der Waals surface area contributed by atoms with Crippen LogP contribution in [0.3, 0.4) is 0 Å². The maximum Gasteiger partial charge on any atom is 0.173 e. The second-order valence-corrected chi connectivity index (χ2v) is 8.74. The SMILES string of the molecule is CCC1CNC(C(C)(C)C)CN1C1C=CS(=O)(=O)C1. The van der Waals surface area contributed by atoms with Crippen molar-refractivity contribution in [2.45, 2.75) is 52.2 Å². The van der Waals surface area contributed by atoms with Crippen molar-refractivity contribution in [1.82, 2.24) is 10.2 Å². The van der Waals surface area contributed by atoms with Gasteiger partial charge >= 0.3 is 0 Å². The number of nitrogens with zero attached hydrogens (tertiary/aromatic N) is 1. The first kappa shape index (κ1) is 15.0. The molecule has 0 bridgehead atoms. The van der Waals surface area contributed by atoms with Gasteiger partial charge in [-0.1, -0.05) is 33.8 Å². The summed E-state index contributed by atoms with van der Waals surface area (Å²) < 4.78 is 23.3. The molecule has 1 N–H and O–H groups in total. The van der Waals surface area contributed by atoms with Crippen LogP contribution in [-0.4, -0.2) is 50.3 Å². The second-order valence-electron chi connectivity index (χ2n) is 6.81. The normalized spacial score (nSPS) is 35.7. The van der Waals surface area contributed by atoms with Crippen molar-refractivity contribution in [3.05, 3.63) is 11.5 Å². The summed E-state index contributed by atoms with van der Waals surface area (Å²) >= 11 is 0. The molecule has 2 aliphatic heterocycles. The number of hydrogen-bond donors (Lipinski definition) is 1. The van der Waals surface area contributed by atoms with Gasteiger partial charge < -0.3 is 5.32 Å². The Morgan fingerprint density at radius 3 is 2.53 bits per heavy atom. The maximum atomic E-state index is 11.6. The Labute approximate surface area is 117 Å². The Morgan fingerprint density at radius 2 is 2.05 bits per heavy atom. The molecule has 1 fully saturated rings. The fourth-order valence-corrected chi connectivity index (χ4v) is 4.26. The summed E-state index contributed by atoms with van der Waals surface area (Å²) in [6, 6.07) is 0.899. The van der Waals surface area contributed by atoms with E-state index in [0.29, 0.717) is 12.1 Å². The fraction of sp³-hybridized carbons (Fsp3) is 0.857. The fourth-order valence-electron chi connectivity index (χ4n) is 2.95. The van der Waals surface area contributed by atoms with Gasteiger partial charge in [0, 0.05) is 36.6 Å². The number of piperazine rings is 1. The Balaban J connectivity index is 2.13. The highest BCUT2D eigenvalue weighted by molar-refractivity contribution is 7.94. The van der Waals surface area contributed by atoms with E-state index in [2.05, 4.69) is 37.9 Å². The van der Waals surface area contributed by atoms with Crippen molar-refractivity contribution in [3.8, 4) is 0 Å². The van der Waals surface area contributed by atoms with Crippen molar-refractivity contribution >= 4 is 9.84 Å². The average molecular weight is 286 g/mol. The molecule has 0 aromatic heterocycles. The molecular formula is C14H26N2O2S. The lowest BCUT2D eigenvalue weighted by atomic mass is 9.84. The summed E-state index contributed by atoms with van der Waals surface area (Å²) in [5.74, 6) is 0.250. The van der Waals surface area contributed by atoms with Crippen molar-refractivity contribution in [1.29, 1.82) is 0 Å². The van der Waals surface area contributed by atoms with Crippen molar-refractivity contribution in [3.63, 3.8) is 0 Å². The van der Waals surface area contributed by atoms with Crippen LogP contribution in [0.5, 0.6) is 0 Å². The molecule has 0 saturated carbocycles. The predicted molar refractivity (Wildman–Crippen MR) is 78.7 cm³/mol. The standard InChI is InChI=1S/C14H26N2O2S/c1-5-11-8-15-13(14(2,3)4)9-16(11)12-6-7-19(17,18)10-12/h6-7,11-13,15H,5,8-10H2,1-4H3. The van der Waals surface area contributed by atoms with E-state index in [1.807, 2.05) is 6.08 Å². The van der Waals surface area contributed by atoms with Crippen LogP contribution in [0.25, 0.3) is 0 Å². The van der Waals surface area contributed by atoms with E-state index in [1.165, 1.54) is 5.41 Å². The smallest absolute Gasteiger partial charge is 0.173 e. The highest BCUT2D eigenvalue weighted by Gasteiger charge is 2.38. The lowest BCUT2D eigenvalue weighted by Crippen LogP contribution is -2.62. The molecule has 110 valence electrons. The number of hydrogen-bond acceptors (Lipinski definition) is 4. The molecule has 5 heteroatoms. The maximum absolute atomic E-state index is 11.6. The molecule has 3 atom stereocenters. The van der Waals surface area contributed by atoms with Gasteiger partial charge in [0.25, 0.3) is 0 Å². The predicted octanol–water partition coefficient (Wildman–Crippen LogP) is 1.40. The van der Waals surface area contributed by atoms with Crippen LogP contribution in [0.4, 0.5) is 0 Å². The minimum absolute atomic E-state index is 0.0573. The van der Waals surface area contributed by atoms with Crippen LogP contribution in [-0.2, 0) is 9.84 Å². The topological polar surface area (TPSA) is 49.4 Å². The van der Waals surface area contributed by atoms with Crippen molar-refractivity contribution in [2.24, 2.45) is 5.41 Å². The van der Waals surface area contributed by atoms with Crippen LogP contribution >= 0.6 is 0 Å². The number of nitrogens with one attached hydrogen (secondary N) is 1. The molecule has 0 aliphatic carbocycles. The molecule has 3 unspecified atom stereocenters. The molecule has 0 radical (unpaired) electrons. The van der Waals surface area contributed by atoms with Gasteiger partial charge in [-0.05, 0) is 11.8 Å². The van der Waals surface area contributed by atoms with Crippen LogP contribution in [0, 0.1) is 5.41 Å². The Morgan fingerprint density at radius 1 is 1.37 bits per heavy atom. The van der Waals surface area contributed by atoms with Gasteiger partial charge in [-0.25, -0.2) is 8.42 Å². The Hall–Kier alpha value is -0.390. The summed E-state index contributed by atoms with van der Waals surface area (Å²) in [6.07, 6.45) is 2.91. The number of rotatable bonds is 2. The van der Waals surface area contributed by atoms with E-state index in [0.717, 1.165) is 19.5 Å². The van der Waals surface area contributed by atoms with Crippen LogP contribution < -0.4 is 5.32 Å². The molecule has 0 aromatic rings. The third kappa shape index (κ3) is 3.38. The molecule has 0 aromatic carbocycles. The van der Waals surface area contributed by atoms with E-state index in [4.69, 9.17) is 0 Å². The molecule has 0 amide bonds. The molecule has 0 spiro atoms. The molecule has 19 heavy (non-hydrogen) atoms. The first-order valence-corrected chi connectivity index (χ1v) is 8.84. The molecule has 1 saturated heterocycles. The zero-order valence-electron chi connectivity index (χ0n) is 12.4. The first-order chi connectivity index (χ1) is 8.73. The second kappa shape index (κ2) is 5.19. The highest BCUT2D eigenvalue weighted by atomic mass is 32.2. The van der Waals surface area contributed by atoms with E-state index in [9.17, 15) is 8.42 Å². The quantitative estimate of drug-likeness (QED) is 0.833. The average Bonchev–Trinajstić information content (AvgIpc) is 2.67. The summed E-state index contributed by atoms with van der Waals surface area (Å²) in [5.41, 5.74) is 0.193. The zero-order chi connectivity index (χ0) is 14.3. The lowest BCUT2D eigenvalue weighted by Gasteiger charge is -2.46. The van der Waals surface area contributed by atoms with E-state index < -0.39 is 9.84 Å². The summed E-state index contributed by atoms with van der Waals surface area (Å²) in [4.78, 5) is 2.38. The monoisotopic (exact) mass is 286 g/mol. The summed E-state index contributed by atoms with van der Waals surface area (Å²) in [7, 11) is -2.97. The van der Waals surface area contributed by atoms with Gasteiger partial charge in [-0.15, -0.1) is 0 Å². The third-order valence-electron chi connectivity index (χ3n) is 4.32. The van der Waals surface area contributed by atoms with Gasteiger partial charge in [-0.2, -0.15) is 0 Å². The Kier molecular flexibility index (Phi) is 4.10. The van der Waals surface area contributed by atoms with Crippen LogP contribution in [0.1, 0.15) is 34.1 Å². The van der Waals surface area contributed by atoms with Gasteiger partial charge in [0.2, 0.25) is 0 Å². The first-order valence-electron chi connectivity index (χ1n) is 7.13. The highest BCUT2D eigenvalue weighted by Crippen LogP contribution is 2.27. The van der Waals surface area contributed by atoms with E-state index >= 15 is 0 Å². The van der Waals surface area contributed by atoms with E-state index in [-0.39, 0.29) is 17.2 Å². The largest absolute Gasteiger partial charge is 0.311 e. The van der Waals surface area contributed by atoms with Crippen molar-refractivity contribution < 1.29 is 8.42 Å². The Bertz CT molecular complexity index is 451. The van der Waals surface area contributed by atoms with Crippen molar-refractivity contribution in [2.75, 3.05) is 18.8 Å². The van der Waals surface area contributed by atoms with Crippen LogP contribution in [0.15, 0.2) is 11.5 Å². The minimum Gasteiger partial charge on any atom is -0.311 e. The van der Waals surface area contributed by atoms with Gasteiger partial charge in [0.15, 0.2) is 9.84 Å². The van der Waals surface area contributed by atoms with Crippen LogP contribution in [0.2, 0.25) is 0 Å². The summed E-state index contributed by atoms with van der Waals surface area (Å²) in [5, 5.41) is 5.01. The molecule has 2 rings (SSSR count). The van der Waals surface area contributed by atoms with E-state index in [1.54, 1.807) is 0 Å². The van der Waals surface area contributed by atoms with Gasteiger partial charge in [0.1, 0.15) is 0 Å². The number of sulfone groups is 1. The zero-order valence-corrected chi connectivity index (χ0v) is 13.2. The van der Waals surface area contributed by atoms with Gasteiger partial charge in [0.05, 0.1) is 5.75 Å². The third-order valence-corrected chi connectivity index (χ3v) is 5.69.